The van der Waals surface area contributed by atoms with Gasteiger partial charge in [0.15, 0.2) is 5.82 Å². The number of nitro benzene ring substituents is 1. The van der Waals surface area contributed by atoms with Gasteiger partial charge in [0.2, 0.25) is 0 Å². The highest BCUT2D eigenvalue weighted by Crippen LogP contribution is 2.21. The summed E-state index contributed by atoms with van der Waals surface area (Å²) in [6, 6.07) is 5.79. The lowest BCUT2D eigenvalue weighted by molar-refractivity contribution is -0.385. The third-order valence-electron chi connectivity index (χ3n) is 2.40. The van der Waals surface area contributed by atoms with E-state index in [1.54, 1.807) is 0 Å². The number of amides is 1. The van der Waals surface area contributed by atoms with Crippen LogP contribution in [0.5, 0.6) is 0 Å². The summed E-state index contributed by atoms with van der Waals surface area (Å²) in [5, 5.41) is 13.0. The number of hydrogen-bond donors (Lipinski definition) is 1. The molecule has 6 nitrogen and oxygen atoms in total. The van der Waals surface area contributed by atoms with Crippen molar-refractivity contribution in [3.05, 3.63) is 63.2 Å². The maximum absolute atomic E-state index is 13.6. The quantitative estimate of drug-likeness (QED) is 0.536. The minimum Gasteiger partial charge on any atom is -0.319 e. The molecule has 1 N–H and O–H groups in total. The Balaban J connectivity index is 2.19. The molecule has 0 saturated carbocycles. The summed E-state index contributed by atoms with van der Waals surface area (Å²) in [5.74, 6) is -1.49. The van der Waals surface area contributed by atoms with Crippen molar-refractivity contribution in [3.8, 4) is 0 Å². The van der Waals surface area contributed by atoms with Crippen molar-refractivity contribution in [2.24, 2.45) is 0 Å². The van der Waals surface area contributed by atoms with Crippen LogP contribution in [0.15, 0.2) is 36.5 Å². The van der Waals surface area contributed by atoms with Crippen LogP contribution in [-0.2, 0) is 0 Å². The molecule has 0 aliphatic carbocycles. The lowest BCUT2D eigenvalue weighted by Crippen LogP contribution is -2.13. The van der Waals surface area contributed by atoms with E-state index in [4.69, 9.17) is 11.6 Å². The first-order chi connectivity index (χ1) is 9.47. The molecule has 2 aromatic rings. The maximum Gasteiger partial charge on any atom is 0.272 e. The molecule has 0 saturated heterocycles. The van der Waals surface area contributed by atoms with Crippen molar-refractivity contribution in [1.82, 2.24) is 4.98 Å². The molecule has 0 unspecified atom stereocenters. The molecule has 0 aliphatic heterocycles. The van der Waals surface area contributed by atoms with Crippen molar-refractivity contribution >= 4 is 28.9 Å². The van der Waals surface area contributed by atoms with Crippen molar-refractivity contribution in [1.29, 1.82) is 0 Å². The largest absolute Gasteiger partial charge is 0.319 e. The van der Waals surface area contributed by atoms with Crippen molar-refractivity contribution in [2.45, 2.75) is 0 Å². The second-order valence-electron chi connectivity index (χ2n) is 3.74. The summed E-state index contributed by atoms with van der Waals surface area (Å²) in [6.07, 6.45) is 1.24. The first-order valence-corrected chi connectivity index (χ1v) is 5.72. The highest BCUT2D eigenvalue weighted by molar-refractivity contribution is 6.29. The third-order valence-corrected chi connectivity index (χ3v) is 2.62. The van der Waals surface area contributed by atoms with Crippen molar-refractivity contribution in [2.75, 3.05) is 5.32 Å². The third kappa shape index (κ3) is 3.07. The Hall–Kier alpha value is -2.54. The average Bonchev–Trinajstić information content (AvgIpc) is 2.41. The van der Waals surface area contributed by atoms with E-state index in [0.717, 1.165) is 18.2 Å². The van der Waals surface area contributed by atoms with Crippen LogP contribution in [0.25, 0.3) is 0 Å². The van der Waals surface area contributed by atoms with E-state index >= 15 is 0 Å². The van der Waals surface area contributed by atoms with Crippen LogP contribution in [-0.4, -0.2) is 15.8 Å². The molecule has 0 radical (unpaired) electrons. The smallest absolute Gasteiger partial charge is 0.272 e. The first-order valence-electron chi connectivity index (χ1n) is 5.34. The molecule has 102 valence electrons. The van der Waals surface area contributed by atoms with Gasteiger partial charge in [-0.25, -0.2) is 9.37 Å². The number of nitro groups is 1. The van der Waals surface area contributed by atoms with E-state index in [0.29, 0.717) is 0 Å². The van der Waals surface area contributed by atoms with Gasteiger partial charge in [0.1, 0.15) is 5.15 Å². The Morgan fingerprint density at radius 1 is 1.35 bits per heavy atom. The fourth-order valence-electron chi connectivity index (χ4n) is 1.42. The summed E-state index contributed by atoms with van der Waals surface area (Å²) in [4.78, 5) is 25.3. The van der Waals surface area contributed by atoms with Gasteiger partial charge in [0, 0.05) is 12.3 Å². The van der Waals surface area contributed by atoms with E-state index in [1.807, 2.05) is 0 Å². The van der Waals surface area contributed by atoms with Gasteiger partial charge < -0.3 is 5.32 Å². The number of non-ortho nitro benzene ring substituents is 1. The van der Waals surface area contributed by atoms with E-state index < -0.39 is 22.3 Å². The Morgan fingerprint density at radius 3 is 2.65 bits per heavy atom. The first kappa shape index (κ1) is 13.9. The number of aromatic nitrogens is 1. The standard InChI is InChI=1S/C12H7ClFN3O3/c13-11-4-1-7(6-15-11)12(18)16-10-3-2-8(17(19)20)5-9(10)14/h1-6H,(H,16,18). The van der Waals surface area contributed by atoms with Gasteiger partial charge >= 0.3 is 0 Å². The summed E-state index contributed by atoms with van der Waals surface area (Å²) >= 11 is 5.58. The number of benzene rings is 1. The van der Waals surface area contributed by atoms with Gasteiger partial charge in [-0.05, 0) is 18.2 Å². The Bertz CT molecular complexity index is 676. The van der Waals surface area contributed by atoms with Crippen LogP contribution < -0.4 is 5.32 Å². The molecule has 1 aromatic heterocycles. The molecule has 20 heavy (non-hydrogen) atoms. The number of anilines is 1. The fourth-order valence-corrected chi connectivity index (χ4v) is 1.54. The molecular weight excluding hydrogens is 289 g/mol. The fraction of sp³-hybridized carbons (Fsp3) is 0. The molecule has 0 aliphatic rings. The lowest BCUT2D eigenvalue weighted by atomic mass is 10.2. The monoisotopic (exact) mass is 295 g/mol. The van der Waals surface area contributed by atoms with Gasteiger partial charge in [-0.2, -0.15) is 0 Å². The Labute approximate surface area is 117 Å². The molecule has 0 spiro atoms. The van der Waals surface area contributed by atoms with Gasteiger partial charge in [-0.3, -0.25) is 14.9 Å². The van der Waals surface area contributed by atoms with Gasteiger partial charge in [0.05, 0.1) is 22.2 Å². The number of rotatable bonds is 3. The minimum absolute atomic E-state index is 0.157. The van der Waals surface area contributed by atoms with E-state index in [1.165, 1.54) is 18.3 Å². The van der Waals surface area contributed by atoms with Crippen LogP contribution in [0, 0.1) is 15.9 Å². The van der Waals surface area contributed by atoms with E-state index in [9.17, 15) is 19.3 Å². The lowest BCUT2D eigenvalue weighted by Gasteiger charge is -2.06. The predicted octanol–water partition coefficient (Wildman–Crippen LogP) is 3.03. The summed E-state index contributed by atoms with van der Waals surface area (Å²) in [5.41, 5.74) is -0.364. The highest BCUT2D eigenvalue weighted by atomic mass is 35.5. The molecule has 1 amide bonds. The molecule has 0 bridgehead atoms. The zero-order chi connectivity index (χ0) is 14.7. The summed E-state index contributed by atoms with van der Waals surface area (Å²) in [7, 11) is 0. The highest BCUT2D eigenvalue weighted by Gasteiger charge is 2.13. The Morgan fingerprint density at radius 2 is 2.10 bits per heavy atom. The van der Waals surface area contributed by atoms with Crippen LogP contribution in [0.1, 0.15) is 10.4 Å². The number of carbonyl (C=O) groups is 1. The number of carbonyl (C=O) groups excluding carboxylic acids is 1. The molecular formula is C12H7ClFN3O3. The zero-order valence-corrected chi connectivity index (χ0v) is 10.6. The molecule has 0 atom stereocenters. The van der Waals surface area contributed by atoms with Crippen molar-refractivity contribution < 1.29 is 14.1 Å². The number of pyridine rings is 1. The summed E-state index contributed by atoms with van der Waals surface area (Å²) < 4.78 is 13.6. The molecule has 1 heterocycles. The summed E-state index contributed by atoms with van der Waals surface area (Å²) in [6.45, 7) is 0. The van der Waals surface area contributed by atoms with Crippen LogP contribution in [0.3, 0.4) is 0 Å². The number of halogens is 2. The second kappa shape index (κ2) is 5.62. The minimum atomic E-state index is -0.894. The predicted molar refractivity (Wildman–Crippen MR) is 70.3 cm³/mol. The normalized spacial score (nSPS) is 10.1. The van der Waals surface area contributed by atoms with Gasteiger partial charge in [0.25, 0.3) is 11.6 Å². The molecule has 1 aromatic carbocycles. The van der Waals surface area contributed by atoms with E-state index in [2.05, 4.69) is 10.3 Å². The van der Waals surface area contributed by atoms with Crippen LogP contribution in [0.4, 0.5) is 15.8 Å². The Kier molecular flexibility index (Phi) is 3.90. The topological polar surface area (TPSA) is 85.1 Å². The number of nitrogens with zero attached hydrogens (tertiary/aromatic N) is 2. The van der Waals surface area contributed by atoms with Crippen molar-refractivity contribution in [3.63, 3.8) is 0 Å². The maximum atomic E-state index is 13.6. The second-order valence-corrected chi connectivity index (χ2v) is 4.13. The molecule has 8 heteroatoms. The van der Waals surface area contributed by atoms with Crippen LogP contribution >= 0.6 is 11.6 Å². The number of nitrogens with one attached hydrogen (secondary N) is 1. The number of hydrogen-bond acceptors (Lipinski definition) is 4. The SMILES string of the molecule is O=C(Nc1ccc([N+](=O)[O-])cc1F)c1ccc(Cl)nc1. The average molecular weight is 296 g/mol. The zero-order valence-electron chi connectivity index (χ0n) is 9.84. The van der Waals surface area contributed by atoms with Crippen LogP contribution in [0.2, 0.25) is 5.15 Å². The molecule has 2 rings (SSSR count). The molecule has 0 fully saturated rings. The van der Waals surface area contributed by atoms with Gasteiger partial charge in [-0.15, -0.1) is 0 Å². The van der Waals surface area contributed by atoms with E-state index in [-0.39, 0.29) is 16.4 Å². The van der Waals surface area contributed by atoms with Gasteiger partial charge in [-0.1, -0.05) is 11.6 Å².